The minimum atomic E-state index is -0.0879. The van der Waals surface area contributed by atoms with E-state index in [4.69, 9.17) is 0 Å². The van der Waals surface area contributed by atoms with E-state index in [0.717, 1.165) is 5.69 Å². The standard InChI is InChI=1S/C21H19NO/c1-16(17-9-4-2-5-10-17)19-13-8-14-20(15-19)22-21(23)18-11-6-3-7-12-18/h2-16H,1H3,(H,22,23). The van der Waals surface area contributed by atoms with Crippen molar-refractivity contribution in [3.8, 4) is 0 Å². The van der Waals surface area contributed by atoms with Gasteiger partial charge in [-0.05, 0) is 35.4 Å². The smallest absolute Gasteiger partial charge is 0.255 e. The normalized spacial score (nSPS) is 11.7. The van der Waals surface area contributed by atoms with Crippen LogP contribution >= 0.6 is 0 Å². The first-order chi connectivity index (χ1) is 11.2. The average molecular weight is 301 g/mol. The second-order valence-electron chi connectivity index (χ2n) is 5.58. The molecule has 0 saturated carbocycles. The van der Waals surface area contributed by atoms with Crippen LogP contribution < -0.4 is 5.32 Å². The van der Waals surface area contributed by atoms with E-state index in [1.165, 1.54) is 11.1 Å². The Morgan fingerprint density at radius 3 is 2.09 bits per heavy atom. The van der Waals surface area contributed by atoms with Crippen molar-refractivity contribution < 1.29 is 4.79 Å². The number of hydrogen-bond donors (Lipinski definition) is 1. The number of anilines is 1. The van der Waals surface area contributed by atoms with Crippen LogP contribution in [0.3, 0.4) is 0 Å². The van der Waals surface area contributed by atoms with Crippen molar-refractivity contribution in [1.29, 1.82) is 0 Å². The van der Waals surface area contributed by atoms with Gasteiger partial charge in [-0.3, -0.25) is 4.79 Å². The lowest BCUT2D eigenvalue weighted by Crippen LogP contribution is -2.11. The molecule has 0 aliphatic carbocycles. The molecule has 0 aromatic heterocycles. The summed E-state index contributed by atoms with van der Waals surface area (Å²) in [6.07, 6.45) is 0. The van der Waals surface area contributed by atoms with E-state index in [0.29, 0.717) is 5.56 Å². The van der Waals surface area contributed by atoms with Crippen LogP contribution in [0, 0.1) is 0 Å². The van der Waals surface area contributed by atoms with Crippen molar-refractivity contribution in [3.05, 3.63) is 102 Å². The summed E-state index contributed by atoms with van der Waals surface area (Å²) < 4.78 is 0. The fraction of sp³-hybridized carbons (Fsp3) is 0.0952. The highest BCUT2D eigenvalue weighted by Crippen LogP contribution is 2.26. The minimum Gasteiger partial charge on any atom is -0.322 e. The summed E-state index contributed by atoms with van der Waals surface area (Å²) >= 11 is 0. The molecule has 0 bridgehead atoms. The molecule has 1 N–H and O–H groups in total. The molecule has 0 radical (unpaired) electrons. The van der Waals surface area contributed by atoms with Gasteiger partial charge in [-0.2, -0.15) is 0 Å². The van der Waals surface area contributed by atoms with Crippen LogP contribution in [0.5, 0.6) is 0 Å². The molecule has 0 spiro atoms. The topological polar surface area (TPSA) is 29.1 Å². The lowest BCUT2D eigenvalue weighted by Gasteiger charge is -2.14. The fourth-order valence-electron chi connectivity index (χ4n) is 2.61. The maximum absolute atomic E-state index is 12.3. The molecule has 0 heterocycles. The molecule has 0 saturated heterocycles. The third-order valence-corrected chi connectivity index (χ3v) is 3.98. The highest BCUT2D eigenvalue weighted by atomic mass is 16.1. The van der Waals surface area contributed by atoms with E-state index in [2.05, 4.69) is 30.4 Å². The van der Waals surface area contributed by atoms with Gasteiger partial charge >= 0.3 is 0 Å². The van der Waals surface area contributed by atoms with Gasteiger partial charge in [0, 0.05) is 17.2 Å². The van der Waals surface area contributed by atoms with E-state index in [9.17, 15) is 4.79 Å². The molecule has 1 atom stereocenters. The summed E-state index contributed by atoms with van der Waals surface area (Å²) in [5.41, 5.74) is 3.93. The molecule has 1 amide bonds. The fourth-order valence-corrected chi connectivity index (χ4v) is 2.61. The third kappa shape index (κ3) is 3.67. The zero-order valence-electron chi connectivity index (χ0n) is 13.1. The Bertz CT molecular complexity index is 781. The van der Waals surface area contributed by atoms with Gasteiger partial charge in [-0.25, -0.2) is 0 Å². The molecule has 3 rings (SSSR count). The van der Waals surface area contributed by atoms with Gasteiger partial charge in [-0.15, -0.1) is 0 Å². The number of nitrogens with one attached hydrogen (secondary N) is 1. The molecular formula is C21H19NO. The third-order valence-electron chi connectivity index (χ3n) is 3.98. The number of carbonyl (C=O) groups excluding carboxylic acids is 1. The van der Waals surface area contributed by atoms with Crippen molar-refractivity contribution >= 4 is 11.6 Å². The highest BCUT2D eigenvalue weighted by molar-refractivity contribution is 6.04. The van der Waals surface area contributed by atoms with Gasteiger partial charge in [-0.1, -0.05) is 67.6 Å². The predicted octanol–water partition coefficient (Wildman–Crippen LogP) is 5.09. The number of rotatable bonds is 4. The number of benzene rings is 3. The predicted molar refractivity (Wildman–Crippen MR) is 94.8 cm³/mol. The quantitative estimate of drug-likeness (QED) is 0.714. The molecule has 1 unspecified atom stereocenters. The van der Waals surface area contributed by atoms with Gasteiger partial charge < -0.3 is 5.32 Å². The van der Waals surface area contributed by atoms with Crippen LogP contribution in [-0.4, -0.2) is 5.91 Å². The molecule has 0 aliphatic rings. The van der Waals surface area contributed by atoms with E-state index in [-0.39, 0.29) is 11.8 Å². The maximum Gasteiger partial charge on any atom is 0.255 e. The lowest BCUT2D eigenvalue weighted by molar-refractivity contribution is 0.102. The molecule has 3 aromatic rings. The van der Waals surface area contributed by atoms with E-state index in [1.54, 1.807) is 0 Å². The zero-order valence-corrected chi connectivity index (χ0v) is 13.1. The largest absolute Gasteiger partial charge is 0.322 e. The van der Waals surface area contributed by atoms with Crippen molar-refractivity contribution in [2.75, 3.05) is 5.32 Å². The highest BCUT2D eigenvalue weighted by Gasteiger charge is 2.10. The van der Waals surface area contributed by atoms with Crippen LogP contribution in [0.1, 0.15) is 34.3 Å². The summed E-state index contributed by atoms with van der Waals surface area (Å²) in [6.45, 7) is 2.17. The second kappa shape index (κ2) is 6.93. The van der Waals surface area contributed by atoms with Crippen molar-refractivity contribution in [1.82, 2.24) is 0 Å². The van der Waals surface area contributed by atoms with Gasteiger partial charge in [0.2, 0.25) is 0 Å². The molecule has 0 fully saturated rings. The van der Waals surface area contributed by atoms with Gasteiger partial charge in [0.05, 0.1) is 0 Å². The monoisotopic (exact) mass is 301 g/mol. The van der Waals surface area contributed by atoms with Crippen LogP contribution in [0.25, 0.3) is 0 Å². The second-order valence-corrected chi connectivity index (χ2v) is 5.58. The Balaban J connectivity index is 1.79. The van der Waals surface area contributed by atoms with Gasteiger partial charge in [0.25, 0.3) is 5.91 Å². The van der Waals surface area contributed by atoms with Crippen LogP contribution in [0.2, 0.25) is 0 Å². The van der Waals surface area contributed by atoms with Crippen molar-refractivity contribution in [2.45, 2.75) is 12.8 Å². The van der Waals surface area contributed by atoms with E-state index < -0.39 is 0 Å². The summed E-state index contributed by atoms with van der Waals surface area (Å²) in [7, 11) is 0. The zero-order chi connectivity index (χ0) is 16.1. The Morgan fingerprint density at radius 1 is 0.783 bits per heavy atom. The average Bonchev–Trinajstić information content (AvgIpc) is 2.63. The molecule has 2 heteroatoms. The molecule has 2 nitrogen and oxygen atoms in total. The van der Waals surface area contributed by atoms with Crippen LogP contribution in [-0.2, 0) is 0 Å². The molecule has 0 aliphatic heterocycles. The maximum atomic E-state index is 12.3. The first-order valence-corrected chi connectivity index (χ1v) is 7.75. The number of carbonyl (C=O) groups is 1. The van der Waals surface area contributed by atoms with Gasteiger partial charge in [0.1, 0.15) is 0 Å². The Kier molecular flexibility index (Phi) is 4.53. The summed E-state index contributed by atoms with van der Waals surface area (Å²) in [6, 6.07) is 27.7. The lowest BCUT2D eigenvalue weighted by atomic mass is 9.93. The summed E-state index contributed by atoms with van der Waals surface area (Å²) in [5.74, 6) is 0.194. The van der Waals surface area contributed by atoms with E-state index in [1.807, 2.05) is 66.7 Å². The first kappa shape index (κ1) is 15.0. The molecule has 3 aromatic carbocycles. The molecular weight excluding hydrogens is 282 g/mol. The summed E-state index contributed by atoms with van der Waals surface area (Å²) in [5, 5.41) is 2.97. The summed E-state index contributed by atoms with van der Waals surface area (Å²) in [4.78, 5) is 12.3. The number of amides is 1. The SMILES string of the molecule is CC(c1ccccc1)c1cccc(NC(=O)c2ccccc2)c1. The van der Waals surface area contributed by atoms with Gasteiger partial charge in [0.15, 0.2) is 0 Å². The van der Waals surface area contributed by atoms with Crippen molar-refractivity contribution in [3.63, 3.8) is 0 Å². The Labute approximate surface area is 136 Å². The minimum absolute atomic E-state index is 0.0879. The number of hydrogen-bond acceptors (Lipinski definition) is 1. The molecule has 114 valence electrons. The Morgan fingerprint density at radius 2 is 1.39 bits per heavy atom. The van der Waals surface area contributed by atoms with Crippen molar-refractivity contribution in [2.24, 2.45) is 0 Å². The Hall–Kier alpha value is -2.87. The van der Waals surface area contributed by atoms with E-state index >= 15 is 0 Å². The first-order valence-electron chi connectivity index (χ1n) is 7.75. The van der Waals surface area contributed by atoms with Crippen LogP contribution in [0.15, 0.2) is 84.9 Å². The molecule has 23 heavy (non-hydrogen) atoms. The van der Waals surface area contributed by atoms with Crippen LogP contribution in [0.4, 0.5) is 5.69 Å².